The monoisotopic (exact) mass is 318 g/mol. The predicted molar refractivity (Wildman–Crippen MR) is 69.8 cm³/mol. The number of aromatic nitrogens is 3. The molecule has 4 rings (SSSR count). The number of aromatic amines is 1. The smallest absolute Gasteiger partial charge is 0.424 e. The number of hydrogen-bond acceptors (Lipinski definition) is 8. The van der Waals surface area contributed by atoms with Gasteiger partial charge in [-0.3, -0.25) is 15.0 Å². The zero-order chi connectivity index (χ0) is 17.1. The summed E-state index contributed by atoms with van der Waals surface area (Å²) in [5.74, 6) is 0. The van der Waals surface area contributed by atoms with E-state index in [1.165, 1.54) is 16.9 Å². The van der Waals surface area contributed by atoms with Gasteiger partial charge in [-0.25, -0.2) is 9.78 Å². The summed E-state index contributed by atoms with van der Waals surface area (Å²) < 4.78 is 25.1. The number of nitrogens with zero attached hydrogens (tertiary/aromatic N) is 3. The average Bonchev–Trinajstić information content (AvgIpc) is 3.19. The van der Waals surface area contributed by atoms with Crippen molar-refractivity contribution in [3.8, 4) is 6.07 Å². The highest BCUT2D eigenvalue weighted by atomic mass is 16.8. The lowest BCUT2D eigenvalue weighted by Crippen LogP contribution is -2.40. The van der Waals surface area contributed by atoms with Crippen LogP contribution in [-0.2, 0) is 19.8 Å². The molecular weight excluding hydrogens is 306 g/mol. The Labute approximate surface area is 129 Å². The van der Waals surface area contributed by atoms with Gasteiger partial charge in [-0.05, 0) is 12.1 Å². The third-order valence-corrected chi connectivity index (χ3v) is 4.00. The van der Waals surface area contributed by atoms with Gasteiger partial charge in [-0.2, -0.15) is 5.26 Å². The number of fused-ring (bicyclic) bond motifs is 2. The maximum Gasteiger partial charge on any atom is 0.509 e. The fourth-order valence-electron chi connectivity index (χ4n) is 3.00. The summed E-state index contributed by atoms with van der Waals surface area (Å²) in [6.07, 6.45) is -2.72. The van der Waals surface area contributed by atoms with E-state index >= 15 is 0 Å². The van der Waals surface area contributed by atoms with Crippen LogP contribution in [-0.4, -0.2) is 50.8 Å². The zero-order valence-electron chi connectivity index (χ0n) is 12.5. The first kappa shape index (κ1) is 12.6. The number of aliphatic hydroxyl groups is 1. The van der Waals surface area contributed by atoms with Gasteiger partial charge in [0.25, 0.3) is 0 Å². The second-order valence-electron chi connectivity index (χ2n) is 5.15. The molecule has 0 amide bonds. The lowest BCUT2D eigenvalue weighted by Gasteiger charge is -2.24. The van der Waals surface area contributed by atoms with Gasteiger partial charge in [-0.1, -0.05) is 0 Å². The van der Waals surface area contributed by atoms with E-state index in [4.69, 9.17) is 21.0 Å². The minimum atomic E-state index is -1.79. The minimum absolute atomic E-state index is 0.0492. The van der Waals surface area contributed by atoms with Crippen molar-refractivity contribution in [1.29, 1.82) is 10.7 Å². The zero-order valence-corrected chi connectivity index (χ0v) is 11.5. The Hall–Kier alpha value is -2.90. The van der Waals surface area contributed by atoms with Gasteiger partial charge >= 0.3 is 6.16 Å². The number of rotatable bonds is 2. The van der Waals surface area contributed by atoms with Crippen LogP contribution in [0.15, 0.2) is 18.4 Å². The second-order valence-corrected chi connectivity index (χ2v) is 5.15. The van der Waals surface area contributed by atoms with Crippen molar-refractivity contribution >= 4 is 11.7 Å². The summed E-state index contributed by atoms with van der Waals surface area (Å²) in [7, 11) is 0. The normalized spacial score (nSPS) is 33.0. The standard InChI is InChI=1S/C13H11N5O5/c14-4-13(8-2-1-6-11(15)16-5-17-18(6)8)10-9(7(3-19)23-13)21-12(20)22-10/h1-2,5,7,9-10,19H,3H2,(H2,15,16,17)/t7-,9-,10-,13+/m1/s1/i1D. The number of carbonyl (C=O) groups is 1. The van der Waals surface area contributed by atoms with Crippen LogP contribution in [0.2, 0.25) is 0 Å². The molecule has 2 aromatic rings. The van der Waals surface area contributed by atoms with Crippen molar-refractivity contribution in [1.82, 2.24) is 14.6 Å². The van der Waals surface area contributed by atoms with E-state index in [-0.39, 0.29) is 22.7 Å². The predicted octanol–water partition coefficient (Wildman–Crippen LogP) is -0.844. The summed E-state index contributed by atoms with van der Waals surface area (Å²) in [5, 5.41) is 29.8. The molecule has 2 saturated heterocycles. The molecule has 10 nitrogen and oxygen atoms in total. The SMILES string of the molecule is [2H]c1cc([C@]2(C#N)O[C@H](CO)[C@H]3OC(=O)O[C@H]32)n2[nH]cnc(=N)c12. The van der Waals surface area contributed by atoms with E-state index in [1.807, 2.05) is 6.07 Å². The fourth-order valence-corrected chi connectivity index (χ4v) is 3.00. The van der Waals surface area contributed by atoms with Crippen LogP contribution in [0.3, 0.4) is 0 Å². The molecule has 0 aliphatic carbocycles. The third kappa shape index (κ3) is 1.65. The third-order valence-electron chi connectivity index (χ3n) is 4.00. The van der Waals surface area contributed by atoms with Crippen LogP contribution in [0.25, 0.3) is 5.52 Å². The molecular formula is C13H11N5O5. The Morgan fingerprint density at radius 2 is 2.48 bits per heavy atom. The molecule has 118 valence electrons. The molecule has 4 heterocycles. The summed E-state index contributed by atoms with van der Waals surface area (Å²) in [5.41, 5.74) is -1.66. The number of nitrogens with one attached hydrogen (secondary N) is 2. The molecule has 0 bridgehead atoms. The van der Waals surface area contributed by atoms with E-state index in [2.05, 4.69) is 10.1 Å². The van der Waals surface area contributed by atoms with Gasteiger partial charge < -0.3 is 19.3 Å². The average molecular weight is 318 g/mol. The van der Waals surface area contributed by atoms with Crippen LogP contribution < -0.4 is 5.49 Å². The quantitative estimate of drug-likeness (QED) is 0.612. The number of ether oxygens (including phenoxy) is 3. The summed E-state index contributed by atoms with van der Waals surface area (Å²) in [6, 6.07) is 3.26. The lowest BCUT2D eigenvalue weighted by molar-refractivity contribution is -0.0817. The van der Waals surface area contributed by atoms with E-state index in [1.54, 1.807) is 0 Å². The first-order valence-corrected chi connectivity index (χ1v) is 6.70. The van der Waals surface area contributed by atoms with E-state index in [0.29, 0.717) is 0 Å². The molecule has 0 aromatic carbocycles. The molecule has 2 fully saturated rings. The Balaban J connectivity index is 1.97. The lowest BCUT2D eigenvalue weighted by atomic mass is 9.92. The topological polar surface area (TPSA) is 146 Å². The Bertz CT molecular complexity index is 948. The number of nitriles is 1. The molecule has 0 saturated carbocycles. The molecule has 4 atom stereocenters. The van der Waals surface area contributed by atoms with Crippen molar-refractivity contribution in [2.45, 2.75) is 23.9 Å². The number of H-pyrrole nitrogens is 1. The number of carbonyl (C=O) groups excluding carboxylic acids is 1. The van der Waals surface area contributed by atoms with Crippen molar-refractivity contribution in [3.05, 3.63) is 29.6 Å². The Kier molecular flexibility index (Phi) is 2.50. The van der Waals surface area contributed by atoms with Gasteiger partial charge in [0.15, 0.2) is 17.7 Å². The first-order valence-electron chi connectivity index (χ1n) is 7.20. The van der Waals surface area contributed by atoms with Crippen molar-refractivity contribution in [2.24, 2.45) is 0 Å². The van der Waals surface area contributed by atoms with E-state index in [0.717, 1.165) is 0 Å². The molecule has 0 radical (unpaired) electrons. The number of hydrogen-bond donors (Lipinski definition) is 3. The largest absolute Gasteiger partial charge is 0.509 e. The van der Waals surface area contributed by atoms with Crippen LogP contribution in [0, 0.1) is 16.7 Å². The number of aliphatic hydroxyl groups excluding tert-OH is 1. The van der Waals surface area contributed by atoms with Gasteiger partial charge in [0.05, 0.1) is 13.7 Å². The molecule has 3 N–H and O–H groups in total. The van der Waals surface area contributed by atoms with E-state index in [9.17, 15) is 15.2 Å². The molecule has 2 aliphatic heterocycles. The van der Waals surface area contributed by atoms with Gasteiger partial charge in [0.1, 0.15) is 24.0 Å². The van der Waals surface area contributed by atoms with Crippen molar-refractivity contribution in [3.63, 3.8) is 0 Å². The Morgan fingerprint density at radius 1 is 1.65 bits per heavy atom. The maximum absolute atomic E-state index is 11.5. The maximum atomic E-state index is 11.5. The summed E-state index contributed by atoms with van der Waals surface area (Å²) in [6.45, 7) is -0.479. The molecule has 2 aromatic heterocycles. The highest BCUT2D eigenvalue weighted by Crippen LogP contribution is 2.45. The van der Waals surface area contributed by atoms with Crippen molar-refractivity contribution < 1.29 is 25.5 Å². The van der Waals surface area contributed by atoms with Crippen LogP contribution in [0.1, 0.15) is 7.06 Å². The molecule has 0 unspecified atom stereocenters. The van der Waals surface area contributed by atoms with Crippen LogP contribution in [0.5, 0.6) is 0 Å². The highest BCUT2D eigenvalue weighted by Gasteiger charge is 2.65. The fraction of sp³-hybridized carbons (Fsp3) is 0.385. The first-order chi connectivity index (χ1) is 11.5. The van der Waals surface area contributed by atoms with Crippen LogP contribution in [0.4, 0.5) is 4.79 Å². The van der Waals surface area contributed by atoms with Gasteiger partial charge in [-0.15, -0.1) is 0 Å². The van der Waals surface area contributed by atoms with Gasteiger partial charge in [0, 0.05) is 0 Å². The molecule has 0 spiro atoms. The summed E-state index contributed by atoms with van der Waals surface area (Å²) >= 11 is 0. The molecule has 23 heavy (non-hydrogen) atoms. The molecule has 10 heteroatoms. The minimum Gasteiger partial charge on any atom is -0.424 e. The second kappa shape index (κ2) is 4.55. The molecule has 2 aliphatic rings. The van der Waals surface area contributed by atoms with E-state index < -0.39 is 36.7 Å². The van der Waals surface area contributed by atoms with Crippen molar-refractivity contribution in [2.75, 3.05) is 6.61 Å². The Morgan fingerprint density at radius 3 is 3.22 bits per heavy atom. The van der Waals surface area contributed by atoms with Gasteiger partial charge in [0.2, 0.25) is 5.60 Å². The van der Waals surface area contributed by atoms with Crippen LogP contribution >= 0.6 is 0 Å². The summed E-state index contributed by atoms with van der Waals surface area (Å²) in [4.78, 5) is 15.3. The highest BCUT2D eigenvalue weighted by molar-refractivity contribution is 5.64.